The Morgan fingerprint density at radius 1 is 0.653 bits per heavy atom. The van der Waals surface area contributed by atoms with Gasteiger partial charge in [-0.05, 0) is 51.4 Å². The maximum Gasteiger partial charge on any atom is 0.306 e. The van der Waals surface area contributed by atoms with Crippen molar-refractivity contribution in [1.82, 2.24) is 0 Å². The van der Waals surface area contributed by atoms with E-state index in [0.29, 0.717) is 13.0 Å². The predicted octanol–water partition coefficient (Wildman–Crippen LogP) is 7.63. The van der Waals surface area contributed by atoms with Crippen molar-refractivity contribution in [2.45, 2.75) is 185 Å². The Kier molecular flexibility index (Phi) is 30.0. The molecule has 0 bridgehead atoms. The van der Waals surface area contributed by atoms with Crippen LogP contribution in [0.4, 0.5) is 0 Å². The van der Waals surface area contributed by atoms with E-state index in [2.05, 4.69) is 50.3 Å². The molecule has 4 N–H and O–H groups in total. The van der Waals surface area contributed by atoms with E-state index in [1.54, 1.807) is 0 Å². The van der Waals surface area contributed by atoms with Crippen molar-refractivity contribution in [1.29, 1.82) is 0 Å². The Balaban J connectivity index is 2.27. The first kappa shape index (κ1) is 45.4. The Morgan fingerprint density at radius 2 is 1.18 bits per heavy atom. The molecule has 0 spiro atoms. The topological polar surface area (TPSA) is 135 Å². The summed E-state index contributed by atoms with van der Waals surface area (Å²) in [5.74, 6) is -0.330. The first-order valence-corrected chi connectivity index (χ1v) is 19.6. The van der Waals surface area contributed by atoms with E-state index in [4.69, 9.17) is 18.9 Å². The SMILES string of the molecule is CCCCC/C=C\C/C=C\C/C=C\CCCCCCCCC(=O)OC(COCCCCCCCCC)COC1OC(CO)C(O)C(O)C1O. The fourth-order valence-corrected chi connectivity index (χ4v) is 5.67. The van der Waals surface area contributed by atoms with Gasteiger partial charge in [0.15, 0.2) is 6.29 Å². The predicted molar refractivity (Wildman–Crippen MR) is 196 cm³/mol. The minimum Gasteiger partial charge on any atom is -0.457 e. The number of aliphatic hydroxyl groups is 4. The molecule has 0 aromatic heterocycles. The number of hydrogen-bond acceptors (Lipinski definition) is 9. The van der Waals surface area contributed by atoms with Gasteiger partial charge in [-0.3, -0.25) is 4.79 Å². The van der Waals surface area contributed by atoms with E-state index in [1.807, 2.05) is 0 Å². The minimum absolute atomic E-state index is 0.118. The summed E-state index contributed by atoms with van der Waals surface area (Å²) in [6.07, 6.45) is 28.9. The second-order valence-corrected chi connectivity index (χ2v) is 13.4. The fourth-order valence-electron chi connectivity index (χ4n) is 5.67. The van der Waals surface area contributed by atoms with E-state index in [-0.39, 0.29) is 19.2 Å². The van der Waals surface area contributed by atoms with Gasteiger partial charge in [0.25, 0.3) is 0 Å². The van der Waals surface area contributed by atoms with Crippen LogP contribution in [0.3, 0.4) is 0 Å². The van der Waals surface area contributed by atoms with Gasteiger partial charge < -0.3 is 39.4 Å². The lowest BCUT2D eigenvalue weighted by atomic mass is 9.99. The smallest absolute Gasteiger partial charge is 0.306 e. The molecule has 9 heteroatoms. The first-order chi connectivity index (χ1) is 23.9. The molecular formula is C40H72O9. The van der Waals surface area contributed by atoms with Crippen LogP contribution in [0.5, 0.6) is 0 Å². The summed E-state index contributed by atoms with van der Waals surface area (Å²) in [5.41, 5.74) is 0. The van der Waals surface area contributed by atoms with Gasteiger partial charge in [-0.2, -0.15) is 0 Å². The molecule has 0 aromatic carbocycles. The number of hydrogen-bond donors (Lipinski definition) is 4. The maximum atomic E-state index is 12.7. The number of carbonyl (C=O) groups excluding carboxylic acids is 1. The lowest BCUT2D eigenvalue weighted by Crippen LogP contribution is -2.59. The number of unbranched alkanes of at least 4 members (excludes halogenated alkanes) is 15. The van der Waals surface area contributed by atoms with E-state index in [9.17, 15) is 25.2 Å². The average molecular weight is 697 g/mol. The Morgan fingerprint density at radius 3 is 1.82 bits per heavy atom. The Labute approximate surface area is 298 Å². The van der Waals surface area contributed by atoms with Crippen molar-refractivity contribution in [3.05, 3.63) is 36.5 Å². The molecule has 6 unspecified atom stereocenters. The molecule has 0 radical (unpaired) electrons. The average Bonchev–Trinajstić information content (AvgIpc) is 3.10. The van der Waals surface area contributed by atoms with Gasteiger partial charge in [-0.25, -0.2) is 0 Å². The van der Waals surface area contributed by atoms with Crippen molar-refractivity contribution < 1.29 is 44.2 Å². The second kappa shape index (κ2) is 32.3. The monoisotopic (exact) mass is 697 g/mol. The van der Waals surface area contributed by atoms with Crippen LogP contribution in [-0.4, -0.2) is 89.6 Å². The summed E-state index contributed by atoms with van der Waals surface area (Å²) in [6.45, 7) is 4.46. The number of rotatable bonds is 32. The third-order valence-corrected chi connectivity index (χ3v) is 8.81. The molecule has 49 heavy (non-hydrogen) atoms. The highest BCUT2D eigenvalue weighted by Crippen LogP contribution is 2.22. The van der Waals surface area contributed by atoms with Crippen LogP contribution in [0, 0.1) is 0 Å². The zero-order valence-corrected chi connectivity index (χ0v) is 30.9. The van der Waals surface area contributed by atoms with Crippen molar-refractivity contribution in [2.24, 2.45) is 0 Å². The second-order valence-electron chi connectivity index (χ2n) is 13.4. The molecular weight excluding hydrogens is 624 g/mol. The fraction of sp³-hybridized carbons (Fsp3) is 0.825. The molecule has 6 atom stereocenters. The van der Waals surface area contributed by atoms with Gasteiger partial charge in [0.2, 0.25) is 0 Å². The van der Waals surface area contributed by atoms with Crippen molar-refractivity contribution in [3.8, 4) is 0 Å². The molecule has 286 valence electrons. The summed E-state index contributed by atoms with van der Waals surface area (Å²) < 4.78 is 22.6. The third kappa shape index (κ3) is 24.3. The quantitative estimate of drug-likeness (QED) is 0.0318. The highest BCUT2D eigenvalue weighted by atomic mass is 16.7. The van der Waals surface area contributed by atoms with Gasteiger partial charge in [-0.1, -0.05) is 127 Å². The highest BCUT2D eigenvalue weighted by Gasteiger charge is 2.44. The molecule has 0 amide bonds. The molecule has 0 saturated carbocycles. The largest absolute Gasteiger partial charge is 0.457 e. The van der Waals surface area contributed by atoms with Crippen LogP contribution < -0.4 is 0 Å². The third-order valence-electron chi connectivity index (χ3n) is 8.81. The van der Waals surface area contributed by atoms with Crippen LogP contribution in [0.25, 0.3) is 0 Å². The summed E-state index contributed by atoms with van der Waals surface area (Å²) in [6, 6.07) is 0. The number of aliphatic hydroxyl groups excluding tert-OH is 4. The molecule has 0 aliphatic carbocycles. The molecule has 1 rings (SSSR count). The minimum atomic E-state index is -1.54. The van der Waals surface area contributed by atoms with Gasteiger partial charge in [-0.15, -0.1) is 0 Å². The van der Waals surface area contributed by atoms with Crippen molar-refractivity contribution in [2.75, 3.05) is 26.4 Å². The summed E-state index contributed by atoms with van der Waals surface area (Å²) in [4.78, 5) is 12.7. The molecule has 0 aromatic rings. The molecule has 1 heterocycles. The molecule has 1 aliphatic rings. The first-order valence-electron chi connectivity index (χ1n) is 19.6. The lowest BCUT2D eigenvalue weighted by molar-refractivity contribution is -0.305. The van der Waals surface area contributed by atoms with Crippen LogP contribution in [-0.2, 0) is 23.7 Å². The van der Waals surface area contributed by atoms with Gasteiger partial charge >= 0.3 is 5.97 Å². The zero-order chi connectivity index (χ0) is 35.8. The molecule has 1 aliphatic heterocycles. The van der Waals surface area contributed by atoms with Gasteiger partial charge in [0.1, 0.15) is 30.5 Å². The van der Waals surface area contributed by atoms with Gasteiger partial charge in [0.05, 0.1) is 19.8 Å². The summed E-state index contributed by atoms with van der Waals surface area (Å²) in [5, 5.41) is 39.8. The number of ether oxygens (including phenoxy) is 4. The zero-order valence-electron chi connectivity index (χ0n) is 30.9. The summed E-state index contributed by atoms with van der Waals surface area (Å²) in [7, 11) is 0. The van der Waals surface area contributed by atoms with Crippen molar-refractivity contribution >= 4 is 5.97 Å². The van der Waals surface area contributed by atoms with Crippen LogP contribution in [0.1, 0.15) is 149 Å². The normalized spacial score (nSPS) is 22.1. The van der Waals surface area contributed by atoms with Crippen LogP contribution in [0.15, 0.2) is 36.5 Å². The van der Waals surface area contributed by atoms with Crippen LogP contribution >= 0.6 is 0 Å². The standard InChI is InChI=1S/C40H72O9/c1-3-5-7-9-11-12-13-14-15-16-17-18-19-20-21-22-23-25-27-29-36(42)48-34(32-46-30-28-26-24-10-8-6-4-2)33-47-40-39(45)38(44)37(43)35(31-41)49-40/h11-12,14-15,17-18,34-35,37-41,43-45H,3-10,13,16,19-33H2,1-2H3/b12-11-,15-14-,18-17-. The number of carbonyl (C=O) groups is 1. The summed E-state index contributed by atoms with van der Waals surface area (Å²) >= 11 is 0. The van der Waals surface area contributed by atoms with E-state index >= 15 is 0 Å². The maximum absolute atomic E-state index is 12.7. The van der Waals surface area contributed by atoms with E-state index in [1.165, 1.54) is 70.6 Å². The Hall–Kier alpha value is -1.59. The van der Waals surface area contributed by atoms with Crippen LogP contribution in [0.2, 0.25) is 0 Å². The number of allylic oxidation sites excluding steroid dienone is 6. The molecule has 9 nitrogen and oxygen atoms in total. The Bertz CT molecular complexity index is 844. The molecule has 1 saturated heterocycles. The highest BCUT2D eigenvalue weighted by molar-refractivity contribution is 5.69. The lowest BCUT2D eigenvalue weighted by Gasteiger charge is -2.39. The van der Waals surface area contributed by atoms with E-state index < -0.39 is 43.4 Å². The van der Waals surface area contributed by atoms with Crippen molar-refractivity contribution in [3.63, 3.8) is 0 Å². The van der Waals surface area contributed by atoms with E-state index in [0.717, 1.165) is 57.8 Å². The number of esters is 1. The van der Waals surface area contributed by atoms with Gasteiger partial charge in [0, 0.05) is 13.0 Å². The molecule has 1 fully saturated rings.